The van der Waals surface area contributed by atoms with Gasteiger partial charge >= 0.3 is 0 Å². The average Bonchev–Trinajstić information content (AvgIpc) is 2.56. The van der Waals surface area contributed by atoms with Gasteiger partial charge in [0.2, 0.25) is 0 Å². The molecule has 2 aromatic rings. The van der Waals surface area contributed by atoms with E-state index in [9.17, 15) is 0 Å². The third-order valence-corrected chi connectivity index (χ3v) is 2.32. The van der Waals surface area contributed by atoms with Crippen LogP contribution in [0.1, 0.15) is 0 Å². The van der Waals surface area contributed by atoms with Crippen molar-refractivity contribution in [3.8, 4) is 5.88 Å². The summed E-state index contributed by atoms with van der Waals surface area (Å²) in [5.41, 5.74) is 7.41. The fourth-order valence-electron chi connectivity index (χ4n) is 1.43. The molecule has 0 spiro atoms. The third-order valence-electron chi connectivity index (χ3n) is 2.32. The molecule has 2 rings (SSSR count). The SMILES string of the molecule is CN(C)CCOc1nn2ccccc2c1N. The molecule has 2 N–H and O–H groups in total. The Hall–Kier alpha value is -1.75. The minimum atomic E-state index is 0.507. The van der Waals surface area contributed by atoms with Crippen LogP contribution in [0.25, 0.3) is 5.52 Å². The standard InChI is InChI=1S/C11H16N4O/c1-14(2)7-8-16-11-10(12)9-5-3-4-6-15(9)13-11/h3-6H,7-8,12H2,1-2H3. The molecule has 16 heavy (non-hydrogen) atoms. The summed E-state index contributed by atoms with van der Waals surface area (Å²) in [6.45, 7) is 1.42. The van der Waals surface area contributed by atoms with Gasteiger partial charge in [-0.25, -0.2) is 4.52 Å². The van der Waals surface area contributed by atoms with Crippen molar-refractivity contribution >= 4 is 11.2 Å². The topological polar surface area (TPSA) is 55.8 Å². The van der Waals surface area contributed by atoms with Gasteiger partial charge in [-0.05, 0) is 26.2 Å². The van der Waals surface area contributed by atoms with Crippen LogP contribution in [0.15, 0.2) is 24.4 Å². The number of anilines is 1. The van der Waals surface area contributed by atoms with Crippen LogP contribution >= 0.6 is 0 Å². The van der Waals surface area contributed by atoms with Gasteiger partial charge in [-0.2, -0.15) is 0 Å². The van der Waals surface area contributed by atoms with Crippen molar-refractivity contribution in [1.82, 2.24) is 14.5 Å². The minimum Gasteiger partial charge on any atom is -0.474 e. The summed E-state index contributed by atoms with van der Waals surface area (Å²) in [5.74, 6) is 0.507. The highest BCUT2D eigenvalue weighted by molar-refractivity contribution is 5.74. The molecule has 0 bridgehead atoms. The fraction of sp³-hybridized carbons (Fsp3) is 0.364. The van der Waals surface area contributed by atoms with Gasteiger partial charge in [-0.3, -0.25) is 0 Å². The number of hydrogen-bond donors (Lipinski definition) is 1. The molecule has 2 heterocycles. The van der Waals surface area contributed by atoms with Gasteiger partial charge in [-0.1, -0.05) is 6.07 Å². The Morgan fingerprint density at radius 2 is 2.25 bits per heavy atom. The molecule has 0 unspecified atom stereocenters. The lowest BCUT2D eigenvalue weighted by atomic mass is 10.4. The first-order chi connectivity index (χ1) is 7.68. The maximum atomic E-state index is 5.93. The number of likely N-dealkylation sites (N-methyl/N-ethyl adjacent to an activating group) is 1. The Morgan fingerprint density at radius 3 is 2.94 bits per heavy atom. The maximum Gasteiger partial charge on any atom is 0.257 e. The van der Waals surface area contributed by atoms with Crippen LogP contribution in [-0.2, 0) is 0 Å². The van der Waals surface area contributed by atoms with Crippen molar-refractivity contribution in [1.29, 1.82) is 0 Å². The quantitative estimate of drug-likeness (QED) is 0.830. The van der Waals surface area contributed by atoms with E-state index >= 15 is 0 Å². The molecule has 0 aliphatic rings. The second-order valence-electron chi connectivity index (χ2n) is 3.90. The second-order valence-corrected chi connectivity index (χ2v) is 3.90. The zero-order valence-electron chi connectivity index (χ0n) is 9.55. The summed E-state index contributed by atoms with van der Waals surface area (Å²) in [5, 5.41) is 4.26. The van der Waals surface area contributed by atoms with Gasteiger partial charge in [0, 0.05) is 12.7 Å². The first-order valence-electron chi connectivity index (χ1n) is 5.19. The molecule has 0 amide bonds. The largest absolute Gasteiger partial charge is 0.474 e. The van der Waals surface area contributed by atoms with Gasteiger partial charge in [0.1, 0.15) is 12.3 Å². The number of nitrogen functional groups attached to an aromatic ring is 1. The Bertz CT molecular complexity index is 478. The lowest BCUT2D eigenvalue weighted by molar-refractivity contribution is 0.254. The highest BCUT2D eigenvalue weighted by Crippen LogP contribution is 2.24. The first-order valence-corrected chi connectivity index (χ1v) is 5.19. The van der Waals surface area contributed by atoms with Gasteiger partial charge < -0.3 is 15.4 Å². The molecule has 5 nitrogen and oxygen atoms in total. The molecule has 0 saturated carbocycles. The van der Waals surface area contributed by atoms with Gasteiger partial charge in [0.05, 0.1) is 5.52 Å². The van der Waals surface area contributed by atoms with Crippen molar-refractivity contribution in [2.75, 3.05) is 33.0 Å². The summed E-state index contributed by atoms with van der Waals surface area (Å²) < 4.78 is 7.26. The van der Waals surface area contributed by atoms with E-state index < -0.39 is 0 Å². The molecule has 0 aliphatic heterocycles. The zero-order valence-corrected chi connectivity index (χ0v) is 9.55. The molecule has 0 aliphatic carbocycles. The highest BCUT2D eigenvalue weighted by atomic mass is 16.5. The predicted octanol–water partition coefficient (Wildman–Crippen LogP) is 0.857. The number of hydrogen-bond acceptors (Lipinski definition) is 4. The van der Waals surface area contributed by atoms with E-state index in [1.54, 1.807) is 4.52 Å². The number of rotatable bonds is 4. The lowest BCUT2D eigenvalue weighted by Gasteiger charge is -2.09. The van der Waals surface area contributed by atoms with Crippen molar-refractivity contribution < 1.29 is 4.74 Å². The summed E-state index contributed by atoms with van der Waals surface area (Å²) in [4.78, 5) is 2.05. The Balaban J connectivity index is 2.15. The minimum absolute atomic E-state index is 0.507. The predicted molar refractivity (Wildman–Crippen MR) is 63.7 cm³/mol. The van der Waals surface area contributed by atoms with E-state index in [1.165, 1.54) is 0 Å². The van der Waals surface area contributed by atoms with Crippen LogP contribution in [0.4, 0.5) is 5.69 Å². The van der Waals surface area contributed by atoms with Gasteiger partial charge in [0.15, 0.2) is 0 Å². The van der Waals surface area contributed by atoms with Gasteiger partial charge in [-0.15, -0.1) is 5.10 Å². The molecule has 2 aromatic heterocycles. The van der Waals surface area contributed by atoms with Crippen LogP contribution in [-0.4, -0.2) is 41.8 Å². The maximum absolute atomic E-state index is 5.93. The Morgan fingerprint density at radius 1 is 1.44 bits per heavy atom. The number of fused-ring (bicyclic) bond motifs is 1. The Kier molecular flexibility index (Phi) is 2.96. The van der Waals surface area contributed by atoms with Crippen LogP contribution in [0.2, 0.25) is 0 Å². The van der Waals surface area contributed by atoms with Crippen LogP contribution < -0.4 is 10.5 Å². The number of nitrogens with two attached hydrogens (primary N) is 1. The van der Waals surface area contributed by atoms with Crippen LogP contribution in [0.5, 0.6) is 5.88 Å². The average molecular weight is 220 g/mol. The zero-order chi connectivity index (χ0) is 11.5. The van der Waals surface area contributed by atoms with E-state index in [0.29, 0.717) is 18.2 Å². The normalized spacial score (nSPS) is 11.2. The number of nitrogens with zero attached hydrogens (tertiary/aromatic N) is 3. The molecular formula is C11H16N4O. The molecular weight excluding hydrogens is 204 g/mol. The highest BCUT2D eigenvalue weighted by Gasteiger charge is 2.09. The number of pyridine rings is 1. The number of aromatic nitrogens is 2. The van der Waals surface area contributed by atoms with E-state index in [-0.39, 0.29) is 0 Å². The molecule has 0 atom stereocenters. The van der Waals surface area contributed by atoms with Crippen LogP contribution in [0.3, 0.4) is 0 Å². The van der Waals surface area contributed by atoms with Crippen molar-refractivity contribution in [3.05, 3.63) is 24.4 Å². The molecule has 0 fully saturated rings. The summed E-state index contributed by atoms with van der Waals surface area (Å²) in [7, 11) is 3.99. The summed E-state index contributed by atoms with van der Waals surface area (Å²) in [6, 6.07) is 5.75. The third kappa shape index (κ3) is 2.09. The monoisotopic (exact) mass is 220 g/mol. The fourth-order valence-corrected chi connectivity index (χ4v) is 1.43. The molecule has 0 aromatic carbocycles. The summed E-state index contributed by atoms with van der Waals surface area (Å²) >= 11 is 0. The van der Waals surface area contributed by atoms with Crippen LogP contribution in [0, 0.1) is 0 Å². The molecule has 0 saturated heterocycles. The van der Waals surface area contributed by atoms with Gasteiger partial charge in [0.25, 0.3) is 5.88 Å². The Labute approximate surface area is 94.4 Å². The smallest absolute Gasteiger partial charge is 0.257 e. The number of ether oxygens (including phenoxy) is 1. The molecule has 5 heteroatoms. The van der Waals surface area contributed by atoms with Crippen molar-refractivity contribution in [2.45, 2.75) is 0 Å². The summed E-state index contributed by atoms with van der Waals surface area (Å²) in [6.07, 6.45) is 1.85. The van der Waals surface area contributed by atoms with E-state index in [0.717, 1.165) is 12.1 Å². The second kappa shape index (κ2) is 4.40. The van der Waals surface area contributed by atoms with E-state index in [1.807, 2.05) is 43.4 Å². The first kappa shape index (κ1) is 10.8. The van der Waals surface area contributed by atoms with Crippen molar-refractivity contribution in [3.63, 3.8) is 0 Å². The van der Waals surface area contributed by atoms with E-state index in [4.69, 9.17) is 10.5 Å². The lowest BCUT2D eigenvalue weighted by Crippen LogP contribution is -2.19. The molecule has 0 radical (unpaired) electrons. The van der Waals surface area contributed by atoms with E-state index in [2.05, 4.69) is 5.10 Å². The van der Waals surface area contributed by atoms with Crippen molar-refractivity contribution in [2.24, 2.45) is 0 Å². The molecule has 86 valence electrons.